The molecule has 0 fully saturated rings. The third-order valence-electron chi connectivity index (χ3n) is 4.20. The standard InChI is InChI=1S/C21H24F4N4O3S/c1-12(2)26-20-14(6-9-18(28-20)21(23,24)25)7-10-19(30)27-13(3)15-5-8-17(16(22)11-15)29-33(4,31)32/h5-13,29H,1-4H3,(H,26,28)(H,27,30)/t13-/m1/s1. The predicted molar refractivity (Wildman–Crippen MR) is 118 cm³/mol. The summed E-state index contributed by atoms with van der Waals surface area (Å²) in [7, 11) is -3.65. The first kappa shape index (κ1) is 26.1. The maximum atomic E-state index is 14.2. The summed E-state index contributed by atoms with van der Waals surface area (Å²) >= 11 is 0. The maximum absolute atomic E-state index is 14.2. The van der Waals surface area contributed by atoms with Crippen molar-refractivity contribution in [1.29, 1.82) is 0 Å². The van der Waals surface area contributed by atoms with Gasteiger partial charge in [0.2, 0.25) is 15.9 Å². The van der Waals surface area contributed by atoms with Crippen molar-refractivity contribution in [2.24, 2.45) is 0 Å². The number of hydrogen-bond acceptors (Lipinski definition) is 5. The summed E-state index contributed by atoms with van der Waals surface area (Å²) in [6.07, 6.45) is -1.27. The number of sulfonamides is 1. The number of carbonyl (C=O) groups excluding carboxylic acids is 1. The SMILES string of the molecule is CC(C)Nc1nc(C(F)(F)F)ccc1C=CC(=O)N[C@H](C)c1ccc(NS(C)(=O)=O)c(F)c1. The van der Waals surface area contributed by atoms with Gasteiger partial charge in [0.1, 0.15) is 17.3 Å². The molecular weight excluding hydrogens is 464 g/mol. The lowest BCUT2D eigenvalue weighted by Crippen LogP contribution is -2.24. The minimum absolute atomic E-state index is 0.0204. The topological polar surface area (TPSA) is 100 Å². The smallest absolute Gasteiger partial charge is 0.367 e. The van der Waals surface area contributed by atoms with Crippen LogP contribution in [0.4, 0.5) is 29.1 Å². The highest BCUT2D eigenvalue weighted by Gasteiger charge is 2.33. The van der Waals surface area contributed by atoms with Crippen LogP contribution in [0.15, 0.2) is 36.4 Å². The fourth-order valence-electron chi connectivity index (χ4n) is 2.74. The summed E-state index contributed by atoms with van der Waals surface area (Å²) in [6.45, 7) is 5.06. The summed E-state index contributed by atoms with van der Waals surface area (Å²) in [5.74, 6) is -1.40. The van der Waals surface area contributed by atoms with E-state index < -0.39 is 39.7 Å². The van der Waals surface area contributed by atoms with Crippen LogP contribution in [0.1, 0.15) is 43.6 Å². The van der Waals surface area contributed by atoms with Gasteiger partial charge in [0.25, 0.3) is 0 Å². The highest BCUT2D eigenvalue weighted by molar-refractivity contribution is 7.92. The van der Waals surface area contributed by atoms with E-state index in [9.17, 15) is 30.8 Å². The molecule has 0 saturated heterocycles. The van der Waals surface area contributed by atoms with E-state index >= 15 is 0 Å². The van der Waals surface area contributed by atoms with Crippen LogP contribution in [0.25, 0.3) is 6.08 Å². The zero-order valence-corrected chi connectivity index (χ0v) is 19.1. The molecule has 2 aromatic rings. The Labute approximate surface area is 189 Å². The number of pyridine rings is 1. The molecule has 180 valence electrons. The number of nitrogens with zero attached hydrogens (tertiary/aromatic N) is 1. The summed E-state index contributed by atoms with van der Waals surface area (Å²) < 4.78 is 77.6. The summed E-state index contributed by atoms with van der Waals surface area (Å²) in [6, 6.07) is 4.97. The van der Waals surface area contributed by atoms with E-state index in [4.69, 9.17) is 0 Å². The molecule has 0 bridgehead atoms. The van der Waals surface area contributed by atoms with Crippen molar-refractivity contribution in [2.45, 2.75) is 39.0 Å². The van der Waals surface area contributed by atoms with E-state index in [1.807, 2.05) is 4.72 Å². The van der Waals surface area contributed by atoms with E-state index in [-0.39, 0.29) is 23.1 Å². The molecule has 0 aliphatic rings. The van der Waals surface area contributed by atoms with Gasteiger partial charge in [-0.05, 0) is 56.7 Å². The van der Waals surface area contributed by atoms with Gasteiger partial charge in [0.15, 0.2) is 0 Å². The van der Waals surface area contributed by atoms with Crippen LogP contribution in [0.2, 0.25) is 0 Å². The number of nitrogens with one attached hydrogen (secondary N) is 3. The Morgan fingerprint density at radius 2 is 1.79 bits per heavy atom. The van der Waals surface area contributed by atoms with Crippen molar-refractivity contribution in [3.63, 3.8) is 0 Å². The van der Waals surface area contributed by atoms with Gasteiger partial charge < -0.3 is 10.6 Å². The van der Waals surface area contributed by atoms with Gasteiger partial charge in [-0.25, -0.2) is 17.8 Å². The monoisotopic (exact) mass is 488 g/mol. The van der Waals surface area contributed by atoms with Crippen molar-refractivity contribution in [2.75, 3.05) is 16.3 Å². The van der Waals surface area contributed by atoms with Crippen molar-refractivity contribution in [3.05, 3.63) is 59.0 Å². The molecule has 0 radical (unpaired) electrons. The van der Waals surface area contributed by atoms with E-state index in [0.717, 1.165) is 24.5 Å². The van der Waals surface area contributed by atoms with Gasteiger partial charge in [-0.2, -0.15) is 13.2 Å². The number of halogens is 4. The zero-order valence-electron chi connectivity index (χ0n) is 18.3. The maximum Gasteiger partial charge on any atom is 0.433 e. The molecule has 1 heterocycles. The van der Waals surface area contributed by atoms with Crippen molar-refractivity contribution in [3.8, 4) is 0 Å². The van der Waals surface area contributed by atoms with Crippen LogP contribution in [0.3, 0.4) is 0 Å². The summed E-state index contributed by atoms with van der Waals surface area (Å²) in [5, 5.41) is 5.42. The highest BCUT2D eigenvalue weighted by Crippen LogP contribution is 2.30. The Bertz CT molecular complexity index is 1150. The summed E-state index contributed by atoms with van der Waals surface area (Å²) in [5.41, 5.74) is -0.621. The average Bonchev–Trinajstić information content (AvgIpc) is 2.66. The molecule has 7 nitrogen and oxygen atoms in total. The Kier molecular flexibility index (Phi) is 8.06. The first-order valence-electron chi connectivity index (χ1n) is 9.76. The number of hydrogen-bond donors (Lipinski definition) is 3. The molecule has 1 amide bonds. The quantitative estimate of drug-likeness (QED) is 0.380. The van der Waals surface area contributed by atoms with Crippen LogP contribution >= 0.6 is 0 Å². The van der Waals surface area contributed by atoms with Gasteiger partial charge in [0, 0.05) is 17.7 Å². The van der Waals surface area contributed by atoms with Gasteiger partial charge in [0.05, 0.1) is 18.0 Å². The third kappa shape index (κ3) is 8.04. The number of benzene rings is 1. The largest absolute Gasteiger partial charge is 0.433 e. The Morgan fingerprint density at radius 3 is 2.33 bits per heavy atom. The van der Waals surface area contributed by atoms with E-state index in [2.05, 4.69) is 15.6 Å². The Morgan fingerprint density at radius 1 is 1.12 bits per heavy atom. The molecule has 0 unspecified atom stereocenters. The number of rotatable bonds is 8. The number of anilines is 2. The van der Waals surface area contributed by atoms with Crippen LogP contribution in [0.5, 0.6) is 0 Å². The molecule has 1 aromatic carbocycles. The number of aromatic nitrogens is 1. The molecule has 3 N–H and O–H groups in total. The van der Waals surface area contributed by atoms with Crippen molar-refractivity contribution >= 4 is 33.5 Å². The number of carbonyl (C=O) groups is 1. The Balaban J connectivity index is 2.15. The van der Waals surface area contributed by atoms with Crippen LogP contribution in [-0.2, 0) is 21.0 Å². The predicted octanol–water partition coefficient (Wildman–Crippen LogP) is 4.32. The van der Waals surface area contributed by atoms with Crippen LogP contribution < -0.4 is 15.4 Å². The second-order valence-electron chi connectivity index (χ2n) is 7.61. The van der Waals surface area contributed by atoms with Crippen LogP contribution in [-0.4, -0.2) is 31.6 Å². The van der Waals surface area contributed by atoms with E-state index in [1.165, 1.54) is 24.3 Å². The van der Waals surface area contributed by atoms with Crippen molar-refractivity contribution < 1.29 is 30.8 Å². The first-order chi connectivity index (χ1) is 15.2. The molecular formula is C21H24F4N4O3S. The summed E-state index contributed by atoms with van der Waals surface area (Å²) in [4.78, 5) is 15.9. The van der Waals surface area contributed by atoms with E-state index in [0.29, 0.717) is 5.56 Å². The molecule has 1 aromatic heterocycles. The van der Waals surface area contributed by atoms with Gasteiger partial charge in [-0.15, -0.1) is 0 Å². The third-order valence-corrected chi connectivity index (χ3v) is 4.79. The lowest BCUT2D eigenvalue weighted by atomic mass is 10.1. The normalized spacial score (nSPS) is 13.2. The Hall–Kier alpha value is -3.15. The molecule has 12 heteroatoms. The molecule has 0 saturated carbocycles. The minimum atomic E-state index is -4.61. The lowest BCUT2D eigenvalue weighted by Gasteiger charge is -2.15. The average molecular weight is 489 g/mol. The van der Waals surface area contributed by atoms with Crippen LogP contribution in [0, 0.1) is 5.82 Å². The molecule has 33 heavy (non-hydrogen) atoms. The van der Waals surface area contributed by atoms with Gasteiger partial charge in [-0.1, -0.05) is 6.07 Å². The fraction of sp³-hybridized carbons (Fsp3) is 0.333. The van der Waals surface area contributed by atoms with Gasteiger partial charge >= 0.3 is 6.18 Å². The molecule has 0 spiro atoms. The molecule has 0 aliphatic heterocycles. The second kappa shape index (κ2) is 10.2. The second-order valence-corrected chi connectivity index (χ2v) is 9.36. The fourth-order valence-corrected chi connectivity index (χ4v) is 3.31. The highest BCUT2D eigenvalue weighted by atomic mass is 32.2. The zero-order chi connectivity index (χ0) is 25.0. The van der Waals surface area contributed by atoms with Gasteiger partial charge in [-0.3, -0.25) is 9.52 Å². The first-order valence-corrected chi connectivity index (χ1v) is 11.7. The van der Waals surface area contributed by atoms with E-state index in [1.54, 1.807) is 20.8 Å². The molecule has 1 atom stereocenters. The minimum Gasteiger partial charge on any atom is -0.367 e. The number of alkyl halides is 3. The lowest BCUT2D eigenvalue weighted by molar-refractivity contribution is -0.141. The van der Waals surface area contributed by atoms with Crippen molar-refractivity contribution in [1.82, 2.24) is 10.3 Å². The molecule has 2 rings (SSSR count). The number of amides is 1. The molecule has 0 aliphatic carbocycles.